The van der Waals surface area contributed by atoms with Gasteiger partial charge in [-0.2, -0.15) is 11.8 Å². The largest absolute Gasteiger partial charge is 0.350 e. The van der Waals surface area contributed by atoms with E-state index in [1.54, 1.807) is 0 Å². The molecule has 4 aromatic carbocycles. The Hall–Kier alpha value is -4.82. The fourth-order valence-electron chi connectivity index (χ4n) is 7.99. The van der Waals surface area contributed by atoms with E-state index in [1.165, 1.54) is 35.7 Å². The van der Waals surface area contributed by atoms with E-state index in [9.17, 15) is 13.8 Å². The first-order chi connectivity index (χ1) is 27.0. The Labute approximate surface area is 327 Å². The van der Waals surface area contributed by atoms with Gasteiger partial charge in [-0.05, 0) is 35.4 Å². The van der Waals surface area contributed by atoms with Gasteiger partial charge in [0.05, 0.1) is 33.2 Å². The van der Waals surface area contributed by atoms with Crippen LogP contribution in [0.3, 0.4) is 0 Å². The molecule has 282 valence electrons. The van der Waals surface area contributed by atoms with Crippen molar-refractivity contribution in [3.8, 4) is 22.8 Å². The molecule has 2 aromatic heterocycles. The molecule has 6 aromatic rings. The molecule has 2 N–H and O–H groups in total. The van der Waals surface area contributed by atoms with E-state index < -0.39 is 10.8 Å². The number of nitrogens with zero attached hydrogens (tertiary/aromatic N) is 6. The number of hydrogen-bond donors (Lipinski definition) is 2. The molecular formula is C42H44N8O3S2. The average molecular weight is 773 g/mol. The van der Waals surface area contributed by atoms with E-state index >= 15 is 0 Å². The van der Waals surface area contributed by atoms with Crippen molar-refractivity contribution in [3.05, 3.63) is 107 Å². The zero-order valence-corrected chi connectivity index (χ0v) is 32.3. The van der Waals surface area contributed by atoms with Crippen molar-refractivity contribution in [1.82, 2.24) is 39.5 Å². The Morgan fingerprint density at radius 3 is 1.51 bits per heavy atom. The quantitative estimate of drug-likeness (QED) is 0.243. The lowest BCUT2D eigenvalue weighted by atomic mass is 10.1. The molecule has 2 amide bonds. The van der Waals surface area contributed by atoms with Gasteiger partial charge in [0.15, 0.2) is 0 Å². The van der Waals surface area contributed by atoms with Crippen LogP contribution in [0.5, 0.6) is 0 Å². The topological polar surface area (TPSA) is 117 Å². The third-order valence-corrected chi connectivity index (χ3v) is 13.1. The second-order valence-corrected chi connectivity index (χ2v) is 17.4. The number of benzene rings is 4. The lowest BCUT2D eigenvalue weighted by Gasteiger charge is -2.26. The summed E-state index contributed by atoms with van der Waals surface area (Å²) in [7, 11) is -0.641. The minimum atomic E-state index is -0.641. The van der Waals surface area contributed by atoms with E-state index in [1.807, 2.05) is 48.2 Å². The van der Waals surface area contributed by atoms with Crippen molar-refractivity contribution in [2.75, 3.05) is 62.3 Å². The van der Waals surface area contributed by atoms with Crippen LogP contribution >= 0.6 is 11.8 Å². The molecule has 4 aliphatic heterocycles. The SMILES string of the molecule is O=C1NCCn2c(-c3ccc(CN4CCS(=O)CC4)cc3)nc3cccc1c32.O=C1NCCn2c(-c3ccc(CN4CCSCC4)cc3)nc3cccc1c32. The van der Waals surface area contributed by atoms with E-state index in [-0.39, 0.29) is 11.8 Å². The third kappa shape index (κ3) is 7.45. The predicted molar refractivity (Wildman–Crippen MR) is 221 cm³/mol. The van der Waals surface area contributed by atoms with Gasteiger partial charge in [-0.1, -0.05) is 60.7 Å². The van der Waals surface area contributed by atoms with Crippen molar-refractivity contribution >= 4 is 56.4 Å². The molecule has 13 heteroatoms. The number of rotatable bonds is 6. The van der Waals surface area contributed by atoms with Crippen LogP contribution in [-0.4, -0.2) is 107 Å². The number of imidazole rings is 2. The smallest absolute Gasteiger partial charge is 0.253 e. The molecule has 0 radical (unpaired) electrons. The molecule has 10 rings (SSSR count). The van der Waals surface area contributed by atoms with Gasteiger partial charge in [-0.3, -0.25) is 23.6 Å². The van der Waals surface area contributed by atoms with Crippen LogP contribution in [-0.2, 0) is 37.0 Å². The predicted octanol–water partition coefficient (Wildman–Crippen LogP) is 5.01. The number of aromatic nitrogens is 4. The Morgan fingerprint density at radius 2 is 1.04 bits per heavy atom. The summed E-state index contributed by atoms with van der Waals surface area (Å²) in [5.41, 5.74) is 9.75. The van der Waals surface area contributed by atoms with Crippen LogP contribution < -0.4 is 10.6 Å². The molecule has 0 atom stereocenters. The summed E-state index contributed by atoms with van der Waals surface area (Å²) in [6, 6.07) is 28.8. The summed E-state index contributed by atoms with van der Waals surface area (Å²) < 4.78 is 15.9. The number of amides is 2. The van der Waals surface area contributed by atoms with Crippen molar-refractivity contribution in [3.63, 3.8) is 0 Å². The zero-order valence-electron chi connectivity index (χ0n) is 30.7. The van der Waals surface area contributed by atoms with Gasteiger partial charge in [0, 0.05) is 110 Å². The van der Waals surface area contributed by atoms with Gasteiger partial charge in [-0.25, -0.2) is 9.97 Å². The van der Waals surface area contributed by atoms with Gasteiger partial charge in [0.25, 0.3) is 11.8 Å². The highest BCUT2D eigenvalue weighted by molar-refractivity contribution is 7.99. The maximum atomic E-state index is 12.3. The highest BCUT2D eigenvalue weighted by atomic mass is 32.2. The normalized spacial score (nSPS) is 18.0. The summed E-state index contributed by atoms with van der Waals surface area (Å²) in [5.74, 6) is 5.81. The van der Waals surface area contributed by atoms with Crippen LogP contribution in [0, 0.1) is 0 Å². The second-order valence-electron chi connectivity index (χ2n) is 14.4. The number of nitrogens with one attached hydrogen (secondary N) is 2. The molecule has 0 bridgehead atoms. The molecular weight excluding hydrogens is 729 g/mol. The molecule has 0 spiro atoms. The standard InChI is InChI=1S/C21H22N4O2S.C21H22N4OS/c26-21-17-2-1-3-18-19(17)25(9-8-22-21)20(23-18)16-6-4-15(5-7-16)14-24-10-12-28(27)13-11-24;26-21-17-2-1-3-18-19(17)25(9-8-22-21)20(23-18)16-6-4-15(5-7-16)14-24-10-12-27-13-11-24/h1-7H,8-14H2,(H,22,26);1-7H,8-14H2,(H,22,26). The van der Waals surface area contributed by atoms with E-state index in [2.05, 4.69) is 78.1 Å². The fourth-order valence-corrected chi connectivity index (χ4v) is 10.1. The minimum absolute atomic E-state index is 0.0131. The fraction of sp³-hybridized carbons (Fsp3) is 0.333. The molecule has 0 saturated carbocycles. The number of hydrogen-bond acceptors (Lipinski definition) is 8. The highest BCUT2D eigenvalue weighted by Crippen LogP contribution is 2.30. The number of para-hydroxylation sites is 2. The minimum Gasteiger partial charge on any atom is -0.350 e. The van der Waals surface area contributed by atoms with Gasteiger partial charge in [-0.15, -0.1) is 0 Å². The Morgan fingerprint density at radius 1 is 0.582 bits per heavy atom. The average Bonchev–Trinajstić information content (AvgIpc) is 3.66. The van der Waals surface area contributed by atoms with Crippen molar-refractivity contribution in [2.24, 2.45) is 0 Å². The monoisotopic (exact) mass is 772 g/mol. The third-order valence-electron chi connectivity index (χ3n) is 10.9. The first kappa shape index (κ1) is 35.9. The molecule has 2 saturated heterocycles. The van der Waals surface area contributed by atoms with Crippen molar-refractivity contribution in [2.45, 2.75) is 26.2 Å². The molecule has 0 aliphatic carbocycles. The maximum absolute atomic E-state index is 12.3. The van der Waals surface area contributed by atoms with Crippen LogP contribution in [0.2, 0.25) is 0 Å². The van der Waals surface area contributed by atoms with E-state index in [0.717, 1.165) is 89.1 Å². The van der Waals surface area contributed by atoms with Gasteiger partial charge >= 0.3 is 0 Å². The number of carbonyl (C=O) groups is 2. The number of thioether (sulfide) groups is 1. The Kier molecular flexibility index (Phi) is 10.3. The lowest BCUT2D eigenvalue weighted by Crippen LogP contribution is -2.37. The molecule has 2 fully saturated rings. The summed E-state index contributed by atoms with van der Waals surface area (Å²) in [5, 5.41) is 5.94. The highest BCUT2D eigenvalue weighted by Gasteiger charge is 2.24. The second kappa shape index (κ2) is 15.7. The van der Waals surface area contributed by atoms with Crippen LogP contribution in [0.25, 0.3) is 44.8 Å². The van der Waals surface area contributed by atoms with Crippen molar-refractivity contribution < 1.29 is 13.8 Å². The summed E-state index contributed by atoms with van der Waals surface area (Å²) in [6.07, 6.45) is 0. The molecule has 55 heavy (non-hydrogen) atoms. The Bertz CT molecular complexity index is 2390. The van der Waals surface area contributed by atoms with Crippen LogP contribution in [0.15, 0.2) is 84.9 Å². The molecule has 11 nitrogen and oxygen atoms in total. The lowest BCUT2D eigenvalue weighted by molar-refractivity contribution is 0.0948. The molecule has 0 unspecified atom stereocenters. The van der Waals surface area contributed by atoms with Crippen molar-refractivity contribution in [1.29, 1.82) is 0 Å². The van der Waals surface area contributed by atoms with Crippen LogP contribution in [0.1, 0.15) is 31.8 Å². The molecule has 4 aliphatic rings. The first-order valence-corrected chi connectivity index (χ1v) is 21.7. The Balaban J connectivity index is 0.000000144. The maximum Gasteiger partial charge on any atom is 0.253 e. The van der Waals surface area contributed by atoms with Gasteiger partial charge in [0.1, 0.15) is 11.6 Å². The van der Waals surface area contributed by atoms with E-state index in [0.29, 0.717) is 30.8 Å². The number of carbonyl (C=O) groups excluding carboxylic acids is 2. The zero-order chi connectivity index (χ0) is 37.3. The van der Waals surface area contributed by atoms with E-state index in [4.69, 9.17) is 9.97 Å². The first-order valence-electron chi connectivity index (χ1n) is 19.1. The van der Waals surface area contributed by atoms with Crippen LogP contribution in [0.4, 0.5) is 0 Å². The summed E-state index contributed by atoms with van der Waals surface area (Å²) in [6.45, 7) is 8.71. The molecule has 6 heterocycles. The summed E-state index contributed by atoms with van der Waals surface area (Å²) >= 11 is 2.04. The van der Waals surface area contributed by atoms with Gasteiger partial charge in [0.2, 0.25) is 0 Å². The van der Waals surface area contributed by atoms with Gasteiger partial charge < -0.3 is 19.8 Å². The summed E-state index contributed by atoms with van der Waals surface area (Å²) in [4.78, 5) is 39.2.